The molecule has 1 saturated heterocycles. The number of carbonyl (C=O) groups is 2. The van der Waals surface area contributed by atoms with Gasteiger partial charge in [0.1, 0.15) is 0 Å². The summed E-state index contributed by atoms with van der Waals surface area (Å²) in [5.41, 5.74) is -0.208. The van der Waals surface area contributed by atoms with E-state index in [0.29, 0.717) is 12.8 Å². The third-order valence-corrected chi connectivity index (χ3v) is 6.54. The van der Waals surface area contributed by atoms with Crippen molar-refractivity contribution in [3.8, 4) is 0 Å². The lowest BCUT2D eigenvalue weighted by Gasteiger charge is -2.29. The van der Waals surface area contributed by atoms with Gasteiger partial charge in [-0.05, 0) is 25.8 Å². The SMILES string of the molecule is CCS(=O)(=O)N1CCC(C(=O)OCC(=O)Nc2cc([N+](=O)[O-])ccc2Cl)CC1. The fraction of sp³-hybridized carbons (Fsp3) is 0.500. The molecule has 0 atom stereocenters. The highest BCUT2D eigenvalue weighted by atomic mass is 35.5. The fourth-order valence-corrected chi connectivity index (χ4v) is 4.01. The number of ether oxygens (including phenoxy) is 1. The van der Waals surface area contributed by atoms with Crippen LogP contribution in [0.25, 0.3) is 0 Å². The first-order valence-electron chi connectivity index (χ1n) is 8.52. The fourth-order valence-electron chi connectivity index (χ4n) is 2.72. The van der Waals surface area contributed by atoms with E-state index in [2.05, 4.69) is 5.32 Å². The molecule has 10 nitrogen and oxygen atoms in total. The summed E-state index contributed by atoms with van der Waals surface area (Å²) in [5, 5.41) is 13.2. The average Bonchev–Trinajstić information content (AvgIpc) is 2.67. The van der Waals surface area contributed by atoms with Crippen LogP contribution in [-0.2, 0) is 24.3 Å². The van der Waals surface area contributed by atoms with Crippen LogP contribution in [0.3, 0.4) is 0 Å². The molecule has 1 aromatic rings. The number of benzene rings is 1. The number of esters is 1. The van der Waals surface area contributed by atoms with Crippen molar-refractivity contribution in [3.63, 3.8) is 0 Å². The van der Waals surface area contributed by atoms with E-state index in [9.17, 15) is 28.1 Å². The van der Waals surface area contributed by atoms with Crippen LogP contribution >= 0.6 is 11.6 Å². The molecule has 0 bridgehead atoms. The Morgan fingerprint density at radius 3 is 2.57 bits per heavy atom. The summed E-state index contributed by atoms with van der Waals surface area (Å²) in [4.78, 5) is 34.2. The zero-order valence-electron chi connectivity index (χ0n) is 15.1. The molecule has 1 aliphatic rings. The molecule has 1 fully saturated rings. The molecule has 1 amide bonds. The van der Waals surface area contributed by atoms with Gasteiger partial charge in [-0.1, -0.05) is 11.6 Å². The molecule has 0 aliphatic carbocycles. The summed E-state index contributed by atoms with van der Waals surface area (Å²) in [6.07, 6.45) is 0.632. The van der Waals surface area contributed by atoms with Crippen LogP contribution in [0, 0.1) is 16.0 Å². The topological polar surface area (TPSA) is 136 Å². The average molecular weight is 434 g/mol. The molecule has 1 aliphatic heterocycles. The molecule has 0 unspecified atom stereocenters. The summed E-state index contributed by atoms with van der Waals surface area (Å²) in [6, 6.07) is 3.58. The van der Waals surface area contributed by atoms with Crippen molar-refractivity contribution in [2.75, 3.05) is 30.8 Å². The molecule has 0 saturated carbocycles. The van der Waals surface area contributed by atoms with Crippen molar-refractivity contribution in [1.29, 1.82) is 0 Å². The van der Waals surface area contributed by atoms with Gasteiger partial charge in [-0.15, -0.1) is 0 Å². The molecule has 0 spiro atoms. The quantitative estimate of drug-likeness (QED) is 0.393. The minimum absolute atomic E-state index is 0.00247. The second-order valence-corrected chi connectivity index (χ2v) is 8.82. The minimum Gasteiger partial charge on any atom is -0.455 e. The number of piperidine rings is 1. The standard InChI is InChI=1S/C16H20ClN3O7S/c1-2-28(25,26)19-7-5-11(6-8-19)16(22)27-10-15(21)18-14-9-12(20(23)24)3-4-13(14)17/h3-4,9,11H,2,5-8,10H2,1H3,(H,18,21). The van der Waals surface area contributed by atoms with E-state index in [1.165, 1.54) is 16.4 Å². The van der Waals surface area contributed by atoms with Crippen molar-refractivity contribution in [2.24, 2.45) is 5.92 Å². The number of sulfonamides is 1. The number of carbonyl (C=O) groups excluding carboxylic acids is 2. The number of nitro benzene ring substituents is 1. The number of halogens is 1. The molecular weight excluding hydrogens is 414 g/mol. The third-order valence-electron chi connectivity index (χ3n) is 4.33. The van der Waals surface area contributed by atoms with Crippen LogP contribution in [0.4, 0.5) is 11.4 Å². The highest BCUT2D eigenvalue weighted by Crippen LogP contribution is 2.26. The highest BCUT2D eigenvalue weighted by Gasteiger charge is 2.31. The number of nitrogens with zero attached hydrogens (tertiary/aromatic N) is 2. The molecule has 1 heterocycles. The van der Waals surface area contributed by atoms with E-state index in [-0.39, 0.29) is 35.2 Å². The van der Waals surface area contributed by atoms with E-state index in [1.807, 2.05) is 0 Å². The Morgan fingerprint density at radius 1 is 1.36 bits per heavy atom. The lowest BCUT2D eigenvalue weighted by atomic mass is 9.98. The van der Waals surface area contributed by atoms with Gasteiger partial charge >= 0.3 is 5.97 Å². The smallest absolute Gasteiger partial charge is 0.309 e. The monoisotopic (exact) mass is 433 g/mol. The molecule has 28 heavy (non-hydrogen) atoms. The zero-order valence-corrected chi connectivity index (χ0v) is 16.7. The number of nitrogens with one attached hydrogen (secondary N) is 1. The second-order valence-electron chi connectivity index (χ2n) is 6.15. The van der Waals surface area contributed by atoms with Gasteiger partial charge in [-0.25, -0.2) is 12.7 Å². The van der Waals surface area contributed by atoms with Crippen molar-refractivity contribution >= 4 is 44.9 Å². The molecule has 12 heteroatoms. The Bertz CT molecular complexity index is 867. The van der Waals surface area contributed by atoms with Gasteiger partial charge in [0, 0.05) is 25.2 Å². The Balaban J connectivity index is 1.84. The Morgan fingerprint density at radius 2 is 2.00 bits per heavy atom. The normalized spacial score (nSPS) is 15.8. The van der Waals surface area contributed by atoms with Gasteiger partial charge in [-0.3, -0.25) is 19.7 Å². The van der Waals surface area contributed by atoms with Gasteiger partial charge in [0.2, 0.25) is 10.0 Å². The lowest BCUT2D eigenvalue weighted by Crippen LogP contribution is -2.41. The summed E-state index contributed by atoms with van der Waals surface area (Å²) in [6.45, 7) is 1.43. The third kappa shape index (κ3) is 5.63. The Labute approximate surface area is 167 Å². The van der Waals surface area contributed by atoms with Gasteiger partial charge in [0.15, 0.2) is 6.61 Å². The summed E-state index contributed by atoms with van der Waals surface area (Å²) in [7, 11) is -3.29. The number of hydrogen-bond donors (Lipinski definition) is 1. The number of anilines is 1. The van der Waals surface area contributed by atoms with Gasteiger partial charge in [-0.2, -0.15) is 0 Å². The minimum atomic E-state index is -3.29. The van der Waals surface area contributed by atoms with E-state index < -0.39 is 39.3 Å². The lowest BCUT2D eigenvalue weighted by molar-refractivity contribution is -0.384. The predicted molar refractivity (Wildman–Crippen MR) is 101 cm³/mol. The first-order valence-corrected chi connectivity index (χ1v) is 10.5. The first kappa shape index (κ1) is 22.1. The Kier molecular flexibility index (Phi) is 7.33. The molecule has 1 aromatic carbocycles. The first-order chi connectivity index (χ1) is 13.1. The number of nitro groups is 1. The van der Waals surface area contributed by atoms with Crippen molar-refractivity contribution in [3.05, 3.63) is 33.3 Å². The molecule has 2 rings (SSSR count). The number of rotatable bonds is 7. The number of non-ortho nitro benzene ring substituents is 1. The molecule has 154 valence electrons. The Hall–Kier alpha value is -2.24. The second kappa shape index (κ2) is 9.30. The van der Waals surface area contributed by atoms with E-state index >= 15 is 0 Å². The molecular formula is C16H20ClN3O7S. The maximum absolute atomic E-state index is 12.1. The van der Waals surface area contributed by atoms with Crippen LogP contribution in [0.5, 0.6) is 0 Å². The van der Waals surface area contributed by atoms with Crippen molar-refractivity contribution in [1.82, 2.24) is 4.31 Å². The van der Waals surface area contributed by atoms with Crippen LogP contribution in [0.2, 0.25) is 5.02 Å². The molecule has 1 N–H and O–H groups in total. The van der Waals surface area contributed by atoms with E-state index in [4.69, 9.17) is 16.3 Å². The van der Waals surface area contributed by atoms with Crippen LogP contribution in [0.1, 0.15) is 19.8 Å². The number of hydrogen-bond acceptors (Lipinski definition) is 7. The molecule has 0 radical (unpaired) electrons. The zero-order chi connectivity index (χ0) is 20.9. The summed E-state index contributed by atoms with van der Waals surface area (Å²) < 4.78 is 30.0. The maximum atomic E-state index is 12.1. The van der Waals surface area contributed by atoms with Crippen LogP contribution in [0.15, 0.2) is 18.2 Å². The van der Waals surface area contributed by atoms with E-state index in [1.54, 1.807) is 6.92 Å². The summed E-state index contributed by atoms with van der Waals surface area (Å²) >= 11 is 5.89. The van der Waals surface area contributed by atoms with Crippen molar-refractivity contribution in [2.45, 2.75) is 19.8 Å². The largest absolute Gasteiger partial charge is 0.455 e. The van der Waals surface area contributed by atoms with Gasteiger partial charge in [0.25, 0.3) is 11.6 Å². The number of amides is 1. The van der Waals surface area contributed by atoms with Gasteiger partial charge < -0.3 is 10.1 Å². The molecule has 0 aromatic heterocycles. The maximum Gasteiger partial charge on any atom is 0.309 e. The van der Waals surface area contributed by atoms with Crippen molar-refractivity contribution < 1.29 is 27.7 Å². The highest BCUT2D eigenvalue weighted by molar-refractivity contribution is 7.89. The van der Waals surface area contributed by atoms with Gasteiger partial charge in [0.05, 0.1) is 27.3 Å². The predicted octanol–water partition coefficient (Wildman–Crippen LogP) is 1.79. The van der Waals surface area contributed by atoms with Crippen LogP contribution < -0.4 is 5.32 Å². The van der Waals surface area contributed by atoms with E-state index in [0.717, 1.165) is 6.07 Å². The van der Waals surface area contributed by atoms with Crippen LogP contribution in [-0.4, -0.2) is 55.0 Å². The summed E-state index contributed by atoms with van der Waals surface area (Å²) in [5.74, 6) is -1.77.